The van der Waals surface area contributed by atoms with E-state index < -0.39 is 0 Å². The molecule has 0 saturated carbocycles. The monoisotopic (exact) mass is 194 g/mol. The van der Waals surface area contributed by atoms with Crippen molar-refractivity contribution in [1.82, 2.24) is 4.90 Å². The highest BCUT2D eigenvalue weighted by Gasteiger charge is 2.34. The van der Waals surface area contributed by atoms with E-state index in [1.165, 1.54) is 0 Å². The van der Waals surface area contributed by atoms with E-state index in [0.29, 0.717) is 6.04 Å². The molecule has 14 heavy (non-hydrogen) atoms. The van der Waals surface area contributed by atoms with E-state index in [2.05, 4.69) is 57.6 Å². The van der Waals surface area contributed by atoms with Gasteiger partial charge in [0.15, 0.2) is 0 Å². The van der Waals surface area contributed by atoms with Crippen molar-refractivity contribution >= 4 is 6.21 Å². The highest BCUT2D eigenvalue weighted by atomic mass is 15.2. The Morgan fingerprint density at radius 1 is 1.07 bits per heavy atom. The second-order valence-electron chi connectivity index (χ2n) is 5.99. The molecule has 80 valence electrons. The summed E-state index contributed by atoms with van der Waals surface area (Å²) >= 11 is 0. The second-order valence-corrected chi connectivity index (χ2v) is 5.99. The standard InChI is InChI=1S/C12H22N2/c1-11(2,3)10-9-13-7-8-14(10)12(4,5)6/h7-10H,1-6H3. The summed E-state index contributed by atoms with van der Waals surface area (Å²) in [7, 11) is 0. The minimum atomic E-state index is 0.154. The van der Waals surface area contributed by atoms with Crippen LogP contribution in [0.3, 0.4) is 0 Å². The highest BCUT2D eigenvalue weighted by molar-refractivity contribution is 5.67. The molecule has 1 unspecified atom stereocenters. The Morgan fingerprint density at radius 3 is 2.00 bits per heavy atom. The average Bonchev–Trinajstić information content (AvgIpc) is 2.01. The molecule has 0 aromatic heterocycles. The van der Waals surface area contributed by atoms with Gasteiger partial charge >= 0.3 is 0 Å². The molecule has 1 aliphatic heterocycles. The quantitative estimate of drug-likeness (QED) is 0.578. The smallest absolute Gasteiger partial charge is 0.0693 e. The highest BCUT2D eigenvalue weighted by Crippen LogP contribution is 2.30. The van der Waals surface area contributed by atoms with Crippen LogP contribution in [0.2, 0.25) is 0 Å². The molecule has 2 heteroatoms. The molecular formula is C12H22N2. The van der Waals surface area contributed by atoms with Crippen LogP contribution in [0.25, 0.3) is 0 Å². The second kappa shape index (κ2) is 3.41. The topological polar surface area (TPSA) is 15.6 Å². The van der Waals surface area contributed by atoms with Crippen molar-refractivity contribution in [3.8, 4) is 0 Å². The van der Waals surface area contributed by atoms with Crippen LogP contribution in [-0.4, -0.2) is 22.7 Å². The van der Waals surface area contributed by atoms with Gasteiger partial charge in [-0.15, -0.1) is 0 Å². The number of aliphatic imine (C=N–C) groups is 1. The third-order valence-corrected chi connectivity index (χ3v) is 2.50. The van der Waals surface area contributed by atoms with Gasteiger partial charge in [0.2, 0.25) is 0 Å². The van der Waals surface area contributed by atoms with E-state index in [9.17, 15) is 0 Å². The Hall–Kier alpha value is -0.790. The first kappa shape index (κ1) is 11.3. The molecule has 1 rings (SSSR count). The maximum atomic E-state index is 4.24. The van der Waals surface area contributed by atoms with Crippen LogP contribution in [0.4, 0.5) is 0 Å². The molecule has 2 nitrogen and oxygen atoms in total. The summed E-state index contributed by atoms with van der Waals surface area (Å²) in [4.78, 5) is 6.62. The largest absolute Gasteiger partial charge is 0.363 e. The molecule has 0 amide bonds. The predicted octanol–water partition coefficient (Wildman–Crippen LogP) is 3.06. The molecule has 1 atom stereocenters. The summed E-state index contributed by atoms with van der Waals surface area (Å²) in [5.41, 5.74) is 0.377. The lowest BCUT2D eigenvalue weighted by atomic mass is 9.84. The molecule has 1 aliphatic rings. The Bertz CT molecular complexity index is 222. The summed E-state index contributed by atoms with van der Waals surface area (Å²) in [6, 6.07) is 0.382. The lowest BCUT2D eigenvalue weighted by molar-refractivity contribution is 0.112. The fraction of sp³-hybridized carbons (Fsp3) is 0.750. The number of nitrogens with zero attached hydrogens (tertiary/aromatic N) is 2. The number of hydrogen-bond donors (Lipinski definition) is 0. The zero-order chi connectivity index (χ0) is 11.0. The zero-order valence-electron chi connectivity index (χ0n) is 10.2. The van der Waals surface area contributed by atoms with Crippen LogP contribution in [0, 0.1) is 5.41 Å². The molecule has 0 aromatic rings. The van der Waals surface area contributed by atoms with Crippen molar-refractivity contribution < 1.29 is 0 Å². The van der Waals surface area contributed by atoms with Crippen molar-refractivity contribution in [3.63, 3.8) is 0 Å². The maximum absolute atomic E-state index is 4.24. The Balaban J connectivity index is 2.94. The Morgan fingerprint density at radius 2 is 1.64 bits per heavy atom. The van der Waals surface area contributed by atoms with Gasteiger partial charge in [-0.25, -0.2) is 0 Å². The van der Waals surface area contributed by atoms with E-state index in [4.69, 9.17) is 0 Å². The molecule has 0 fully saturated rings. The molecule has 0 bridgehead atoms. The van der Waals surface area contributed by atoms with Crippen molar-refractivity contribution in [1.29, 1.82) is 0 Å². The van der Waals surface area contributed by atoms with Gasteiger partial charge in [0.05, 0.1) is 6.04 Å². The Kier molecular flexibility index (Phi) is 2.75. The SMILES string of the molecule is CC(C)(C)C1C=NC=CN1C(C)(C)C. The number of hydrogen-bond acceptors (Lipinski definition) is 2. The van der Waals surface area contributed by atoms with Crippen LogP contribution in [0.1, 0.15) is 41.5 Å². The van der Waals surface area contributed by atoms with Gasteiger partial charge in [-0.2, -0.15) is 0 Å². The van der Waals surface area contributed by atoms with Gasteiger partial charge in [0.25, 0.3) is 0 Å². The number of rotatable bonds is 0. The first-order valence-electron chi connectivity index (χ1n) is 5.21. The molecule has 0 saturated heterocycles. The van der Waals surface area contributed by atoms with Gasteiger partial charge in [0.1, 0.15) is 0 Å². The van der Waals surface area contributed by atoms with E-state index >= 15 is 0 Å². The predicted molar refractivity (Wildman–Crippen MR) is 62.5 cm³/mol. The van der Waals surface area contributed by atoms with Gasteiger partial charge in [-0.3, -0.25) is 4.99 Å². The van der Waals surface area contributed by atoms with E-state index in [0.717, 1.165) is 0 Å². The third-order valence-electron chi connectivity index (χ3n) is 2.50. The van der Waals surface area contributed by atoms with Crippen LogP contribution in [-0.2, 0) is 0 Å². The molecule has 0 aliphatic carbocycles. The van der Waals surface area contributed by atoms with Crippen molar-refractivity contribution in [2.24, 2.45) is 10.4 Å². The van der Waals surface area contributed by atoms with Gasteiger partial charge in [-0.05, 0) is 26.2 Å². The summed E-state index contributed by atoms with van der Waals surface area (Å²) < 4.78 is 0. The third kappa shape index (κ3) is 2.37. The molecule has 1 heterocycles. The lowest BCUT2D eigenvalue weighted by Gasteiger charge is -2.46. The first-order chi connectivity index (χ1) is 6.23. The normalized spacial score (nSPS) is 23.0. The van der Waals surface area contributed by atoms with E-state index in [-0.39, 0.29) is 11.0 Å². The van der Waals surface area contributed by atoms with Gasteiger partial charge < -0.3 is 4.90 Å². The molecule has 0 N–H and O–H groups in total. The van der Waals surface area contributed by atoms with E-state index in [1.54, 1.807) is 0 Å². The fourth-order valence-electron chi connectivity index (χ4n) is 1.69. The minimum absolute atomic E-state index is 0.154. The fourth-order valence-corrected chi connectivity index (χ4v) is 1.69. The summed E-state index contributed by atoms with van der Waals surface area (Å²) in [6.45, 7) is 13.4. The molecule has 0 radical (unpaired) electrons. The van der Waals surface area contributed by atoms with Crippen LogP contribution < -0.4 is 0 Å². The van der Waals surface area contributed by atoms with Crippen LogP contribution >= 0.6 is 0 Å². The van der Waals surface area contributed by atoms with Crippen molar-refractivity contribution in [2.45, 2.75) is 53.1 Å². The van der Waals surface area contributed by atoms with E-state index in [1.807, 2.05) is 12.4 Å². The zero-order valence-corrected chi connectivity index (χ0v) is 10.2. The summed E-state index contributed by atoms with van der Waals surface area (Å²) in [6.07, 6.45) is 6.01. The lowest BCUT2D eigenvalue weighted by Crippen LogP contribution is -2.51. The molecular weight excluding hydrogens is 172 g/mol. The average molecular weight is 194 g/mol. The van der Waals surface area contributed by atoms with Crippen LogP contribution in [0.15, 0.2) is 17.4 Å². The summed E-state index contributed by atoms with van der Waals surface area (Å²) in [5.74, 6) is 0. The van der Waals surface area contributed by atoms with Crippen molar-refractivity contribution in [2.75, 3.05) is 0 Å². The maximum Gasteiger partial charge on any atom is 0.0693 e. The minimum Gasteiger partial charge on any atom is -0.363 e. The first-order valence-corrected chi connectivity index (χ1v) is 5.21. The molecule has 0 aromatic carbocycles. The Labute approximate surface area is 87.7 Å². The summed E-state index contributed by atoms with van der Waals surface area (Å²) in [5, 5.41) is 0. The van der Waals surface area contributed by atoms with Crippen LogP contribution in [0.5, 0.6) is 0 Å². The van der Waals surface area contributed by atoms with Crippen molar-refractivity contribution in [3.05, 3.63) is 12.4 Å². The van der Waals surface area contributed by atoms with Gasteiger partial charge in [-0.1, -0.05) is 20.8 Å². The molecule has 0 spiro atoms. The van der Waals surface area contributed by atoms with Gasteiger partial charge in [0, 0.05) is 24.2 Å².